The first-order chi connectivity index (χ1) is 8.09. The minimum atomic E-state index is -3.58. The molecule has 1 aliphatic heterocycles. The van der Waals surface area contributed by atoms with Gasteiger partial charge in [0.05, 0.1) is 0 Å². The van der Waals surface area contributed by atoms with Gasteiger partial charge in [-0.05, 0) is 17.7 Å². The second-order valence-electron chi connectivity index (χ2n) is 3.47. The smallest absolute Gasteiger partial charge is 0.350 e. The van der Waals surface area contributed by atoms with Crippen molar-refractivity contribution >= 4 is 15.8 Å². The Kier molecular flexibility index (Phi) is 3.10. The van der Waals surface area contributed by atoms with Gasteiger partial charge in [-0.2, -0.15) is 0 Å². The van der Waals surface area contributed by atoms with Crippen molar-refractivity contribution in [2.45, 2.75) is 6.61 Å². The van der Waals surface area contributed by atoms with Crippen molar-refractivity contribution in [3.8, 4) is 0 Å². The molecule has 0 saturated heterocycles. The van der Waals surface area contributed by atoms with Gasteiger partial charge < -0.3 is 4.74 Å². The highest BCUT2D eigenvalue weighted by atomic mass is 32.2. The molecule has 0 unspecified atom stereocenters. The highest BCUT2D eigenvalue weighted by Gasteiger charge is 2.26. The molecule has 0 atom stereocenters. The first kappa shape index (κ1) is 11.6. The van der Waals surface area contributed by atoms with Gasteiger partial charge in [-0.25, -0.2) is 13.2 Å². The summed E-state index contributed by atoms with van der Waals surface area (Å²) < 4.78 is 27.6. The van der Waals surface area contributed by atoms with Gasteiger partial charge in [0, 0.05) is 5.41 Å². The summed E-state index contributed by atoms with van der Waals surface area (Å²) in [6.07, 6.45) is 2.55. The van der Waals surface area contributed by atoms with E-state index in [1.165, 1.54) is 12.2 Å². The first-order valence-electron chi connectivity index (χ1n) is 4.94. The summed E-state index contributed by atoms with van der Waals surface area (Å²) in [6.45, 7) is 0.0620. The van der Waals surface area contributed by atoms with Crippen LogP contribution in [0.5, 0.6) is 0 Å². The number of ether oxygens (including phenoxy) is 1. The number of hydrogen-bond donors (Lipinski definition) is 0. The van der Waals surface area contributed by atoms with Crippen LogP contribution in [0.25, 0.3) is 0 Å². The average molecular weight is 250 g/mol. The highest BCUT2D eigenvalue weighted by molar-refractivity contribution is 7.99. The minimum absolute atomic E-state index is 0.0620. The molecular weight excluding hydrogens is 240 g/mol. The molecule has 88 valence electrons. The number of rotatable bonds is 3. The van der Waals surface area contributed by atoms with E-state index in [9.17, 15) is 13.2 Å². The summed E-state index contributed by atoms with van der Waals surface area (Å²) in [4.78, 5) is 11.2. The molecule has 0 N–H and O–H groups in total. The van der Waals surface area contributed by atoms with Gasteiger partial charge in [0.15, 0.2) is 4.91 Å². The Labute approximate surface area is 99.1 Å². The maximum atomic E-state index is 11.5. The van der Waals surface area contributed by atoms with Gasteiger partial charge in [0.25, 0.3) is 0 Å². The fourth-order valence-corrected chi connectivity index (χ4v) is 2.37. The molecule has 1 aliphatic rings. The van der Waals surface area contributed by atoms with Crippen LogP contribution in [0.3, 0.4) is 0 Å². The van der Waals surface area contributed by atoms with Crippen LogP contribution in [0.2, 0.25) is 0 Å². The monoisotopic (exact) mass is 250 g/mol. The normalized spacial score (nSPS) is 16.6. The fourth-order valence-electron chi connectivity index (χ4n) is 1.38. The van der Waals surface area contributed by atoms with E-state index in [0.29, 0.717) is 0 Å². The molecule has 5 heteroatoms. The van der Waals surface area contributed by atoms with E-state index >= 15 is 0 Å². The average Bonchev–Trinajstić information content (AvgIpc) is 2.67. The predicted octanol–water partition coefficient (Wildman–Crippen LogP) is 1.56. The number of carbonyl (C=O) groups excluding carboxylic acids is 1. The zero-order valence-corrected chi connectivity index (χ0v) is 9.68. The summed E-state index contributed by atoms with van der Waals surface area (Å²) in [5.74, 6) is -0.821. The molecule has 0 amide bonds. The Hall–Kier alpha value is -1.88. The number of sulfone groups is 1. The zero-order valence-electron chi connectivity index (χ0n) is 8.87. The molecule has 0 saturated carbocycles. The Morgan fingerprint density at radius 1 is 1.18 bits per heavy atom. The summed E-state index contributed by atoms with van der Waals surface area (Å²) >= 11 is 0. The van der Waals surface area contributed by atoms with E-state index in [1.54, 1.807) is 12.1 Å². The quantitative estimate of drug-likeness (QED) is 0.764. The number of carbonyl (C=O) groups is 1. The SMILES string of the molecule is O=C(OCc1ccccc1)C1=CC=CS1(=O)=O. The molecule has 2 rings (SSSR count). The van der Waals surface area contributed by atoms with E-state index in [0.717, 1.165) is 11.0 Å². The summed E-state index contributed by atoms with van der Waals surface area (Å²) in [5.41, 5.74) is 0.810. The molecule has 1 aromatic rings. The van der Waals surface area contributed by atoms with Crippen LogP contribution in [0.15, 0.2) is 52.8 Å². The molecule has 0 fully saturated rings. The molecule has 0 bridgehead atoms. The van der Waals surface area contributed by atoms with Crippen molar-refractivity contribution in [1.29, 1.82) is 0 Å². The molecule has 1 aromatic carbocycles. The minimum Gasteiger partial charge on any atom is -0.457 e. The van der Waals surface area contributed by atoms with E-state index < -0.39 is 15.8 Å². The first-order valence-corrected chi connectivity index (χ1v) is 6.49. The largest absolute Gasteiger partial charge is 0.457 e. The van der Waals surface area contributed by atoms with Crippen LogP contribution in [-0.2, 0) is 26.0 Å². The molecule has 4 nitrogen and oxygen atoms in total. The number of allylic oxidation sites excluding steroid dienone is 2. The highest BCUT2D eigenvalue weighted by Crippen LogP contribution is 2.18. The van der Waals surface area contributed by atoms with Crippen LogP contribution in [0.4, 0.5) is 0 Å². The molecule has 1 heterocycles. The van der Waals surface area contributed by atoms with E-state index in [2.05, 4.69) is 0 Å². The third-order valence-corrected chi connectivity index (χ3v) is 3.66. The van der Waals surface area contributed by atoms with Crippen LogP contribution >= 0.6 is 0 Å². The lowest BCUT2D eigenvalue weighted by Gasteiger charge is -2.04. The molecule has 0 aliphatic carbocycles. The maximum Gasteiger partial charge on any atom is 0.350 e. The second-order valence-corrected chi connectivity index (χ2v) is 5.27. The van der Waals surface area contributed by atoms with Crippen LogP contribution in [0.1, 0.15) is 5.56 Å². The second kappa shape index (κ2) is 4.55. The lowest BCUT2D eigenvalue weighted by molar-refractivity contribution is -0.139. The van der Waals surface area contributed by atoms with Gasteiger partial charge in [-0.15, -0.1) is 0 Å². The fraction of sp³-hybridized carbons (Fsp3) is 0.0833. The molecular formula is C12H10O4S. The summed E-state index contributed by atoms with van der Waals surface area (Å²) in [6, 6.07) is 9.07. The van der Waals surface area contributed by atoms with E-state index in [-0.39, 0.29) is 11.5 Å². The van der Waals surface area contributed by atoms with E-state index in [1.807, 2.05) is 18.2 Å². The van der Waals surface area contributed by atoms with E-state index in [4.69, 9.17) is 4.74 Å². The van der Waals surface area contributed by atoms with Crippen LogP contribution in [-0.4, -0.2) is 14.4 Å². The molecule has 17 heavy (non-hydrogen) atoms. The van der Waals surface area contributed by atoms with Gasteiger partial charge >= 0.3 is 5.97 Å². The number of hydrogen-bond acceptors (Lipinski definition) is 4. The van der Waals surface area contributed by atoms with Gasteiger partial charge in [0.2, 0.25) is 9.84 Å². The van der Waals surface area contributed by atoms with Crippen LogP contribution < -0.4 is 0 Å². The standard InChI is InChI=1S/C12H10O4S/c13-12(11-7-4-8-17(11,14)15)16-9-10-5-2-1-3-6-10/h1-8H,9H2. The Morgan fingerprint density at radius 3 is 2.47 bits per heavy atom. The van der Waals surface area contributed by atoms with Crippen LogP contribution in [0, 0.1) is 0 Å². The van der Waals surface area contributed by atoms with Crippen molar-refractivity contribution in [1.82, 2.24) is 0 Å². The summed E-state index contributed by atoms with van der Waals surface area (Å²) in [5, 5.41) is 0.978. The number of benzene rings is 1. The van der Waals surface area contributed by atoms with Crippen molar-refractivity contribution in [2.24, 2.45) is 0 Å². The van der Waals surface area contributed by atoms with Crippen molar-refractivity contribution in [3.05, 3.63) is 58.4 Å². The third-order valence-electron chi connectivity index (χ3n) is 2.23. The third kappa shape index (κ3) is 2.62. The topological polar surface area (TPSA) is 60.4 Å². The number of esters is 1. The molecule has 0 spiro atoms. The molecule has 0 aromatic heterocycles. The Balaban J connectivity index is 2.00. The van der Waals surface area contributed by atoms with Crippen molar-refractivity contribution in [3.63, 3.8) is 0 Å². The Morgan fingerprint density at radius 2 is 1.88 bits per heavy atom. The van der Waals surface area contributed by atoms with Gasteiger partial charge in [-0.3, -0.25) is 0 Å². The Bertz CT molecular complexity index is 582. The predicted molar refractivity (Wildman–Crippen MR) is 62.4 cm³/mol. The van der Waals surface area contributed by atoms with Gasteiger partial charge in [-0.1, -0.05) is 30.3 Å². The lowest BCUT2D eigenvalue weighted by Crippen LogP contribution is -2.12. The van der Waals surface area contributed by atoms with Crippen molar-refractivity contribution < 1.29 is 17.9 Å². The lowest BCUT2D eigenvalue weighted by atomic mass is 10.2. The van der Waals surface area contributed by atoms with Gasteiger partial charge in [0.1, 0.15) is 6.61 Å². The summed E-state index contributed by atoms with van der Waals surface area (Å²) in [7, 11) is -3.58. The maximum absolute atomic E-state index is 11.5. The zero-order chi connectivity index (χ0) is 12.3. The van der Waals surface area contributed by atoms with Crippen molar-refractivity contribution in [2.75, 3.05) is 0 Å². The molecule has 0 radical (unpaired) electrons.